The van der Waals surface area contributed by atoms with E-state index < -0.39 is 5.54 Å². The molecule has 2 aromatic rings. The third-order valence-corrected chi connectivity index (χ3v) is 6.47. The van der Waals surface area contributed by atoms with Gasteiger partial charge in [-0.1, -0.05) is 74.5 Å². The summed E-state index contributed by atoms with van der Waals surface area (Å²) >= 11 is 0. The first kappa shape index (κ1) is 22.0. The highest BCUT2D eigenvalue weighted by Gasteiger charge is 2.34. The molecule has 1 heterocycles. The minimum Gasteiger partial charge on any atom is -0.333 e. The van der Waals surface area contributed by atoms with E-state index in [-0.39, 0.29) is 11.8 Å². The molecule has 30 heavy (non-hydrogen) atoms. The summed E-state index contributed by atoms with van der Waals surface area (Å²) in [4.78, 5) is 15.4. The first-order valence-electron chi connectivity index (χ1n) is 10.9. The minimum absolute atomic E-state index is 0.0335. The highest BCUT2D eigenvalue weighted by molar-refractivity contribution is 5.78. The van der Waals surface area contributed by atoms with Crippen molar-refractivity contribution in [2.45, 2.75) is 32.4 Å². The minimum atomic E-state index is -0.810. The Morgan fingerprint density at radius 1 is 1.00 bits per heavy atom. The third-order valence-electron chi connectivity index (χ3n) is 6.47. The van der Waals surface area contributed by atoms with Crippen LogP contribution in [-0.2, 0) is 4.79 Å². The van der Waals surface area contributed by atoms with Crippen LogP contribution in [0.4, 0.5) is 0 Å². The van der Waals surface area contributed by atoms with Gasteiger partial charge >= 0.3 is 0 Å². The first-order valence-corrected chi connectivity index (χ1v) is 10.9. The van der Waals surface area contributed by atoms with E-state index in [0.717, 1.165) is 26.2 Å². The molecule has 1 fully saturated rings. The maximum atomic E-state index is 12.6. The fourth-order valence-electron chi connectivity index (χ4n) is 4.21. The molecule has 158 valence electrons. The van der Waals surface area contributed by atoms with Crippen molar-refractivity contribution in [1.29, 1.82) is 5.26 Å². The van der Waals surface area contributed by atoms with E-state index in [1.807, 2.05) is 13.8 Å². The summed E-state index contributed by atoms with van der Waals surface area (Å²) in [5.74, 6) is 0.0362. The molecule has 5 nitrogen and oxygen atoms in total. The molecule has 1 amide bonds. The molecule has 0 aliphatic carbocycles. The van der Waals surface area contributed by atoms with Crippen molar-refractivity contribution in [2.75, 3.05) is 32.7 Å². The predicted molar refractivity (Wildman–Crippen MR) is 118 cm³/mol. The highest BCUT2D eigenvalue weighted by Crippen LogP contribution is 2.19. The van der Waals surface area contributed by atoms with Crippen molar-refractivity contribution in [3.8, 4) is 6.07 Å². The van der Waals surface area contributed by atoms with Gasteiger partial charge in [-0.05, 0) is 12.8 Å². The number of hydrogen-bond acceptors (Lipinski definition) is 2. The smallest absolute Gasteiger partial charge is 0.276 e. The van der Waals surface area contributed by atoms with Crippen molar-refractivity contribution >= 4 is 5.91 Å². The highest BCUT2D eigenvalue weighted by atomic mass is 16.2. The zero-order valence-electron chi connectivity index (χ0n) is 18.3. The van der Waals surface area contributed by atoms with Gasteiger partial charge in [0.2, 0.25) is 0 Å². The number of benzene rings is 2. The lowest BCUT2D eigenvalue weighted by molar-refractivity contribution is -1.02. The fourth-order valence-corrected chi connectivity index (χ4v) is 4.21. The Morgan fingerprint density at radius 3 is 1.93 bits per heavy atom. The fraction of sp³-hybridized carbons (Fsp3) is 0.440. The summed E-state index contributed by atoms with van der Waals surface area (Å²) in [6.07, 6.45) is 0. The quantitative estimate of drug-likeness (QED) is 0.631. The number of piperazine rings is 1. The lowest BCUT2D eigenvalue weighted by atomic mass is 9.90. The van der Waals surface area contributed by atoms with Gasteiger partial charge in [-0.2, -0.15) is 5.26 Å². The number of carbonyl (C=O) groups is 1. The van der Waals surface area contributed by atoms with Gasteiger partial charge < -0.3 is 15.1 Å². The molecule has 0 spiro atoms. The second-order valence-electron chi connectivity index (χ2n) is 8.86. The Labute approximate surface area is 180 Å². The largest absolute Gasteiger partial charge is 0.333 e. The number of nitrogens with zero attached hydrogens (tertiary/aromatic N) is 1. The Hall–Kier alpha value is -2.68. The van der Waals surface area contributed by atoms with Gasteiger partial charge in [-0.25, -0.2) is 0 Å². The summed E-state index contributed by atoms with van der Waals surface area (Å²) in [5, 5.41) is 12.4. The average Bonchev–Trinajstić information content (AvgIpc) is 2.76. The van der Waals surface area contributed by atoms with Crippen molar-refractivity contribution in [3.63, 3.8) is 0 Å². The third kappa shape index (κ3) is 5.27. The Balaban J connectivity index is 1.63. The lowest BCUT2D eigenvalue weighted by Gasteiger charge is -2.35. The lowest BCUT2D eigenvalue weighted by Crippen LogP contribution is -3.28. The molecule has 1 atom stereocenters. The predicted octanol–water partition coefficient (Wildman–Crippen LogP) is 0.614. The maximum absolute atomic E-state index is 12.6. The van der Waals surface area contributed by atoms with Crippen LogP contribution in [-0.4, -0.2) is 44.2 Å². The van der Waals surface area contributed by atoms with E-state index in [2.05, 4.69) is 72.0 Å². The van der Waals surface area contributed by atoms with Crippen LogP contribution in [0.15, 0.2) is 60.7 Å². The van der Waals surface area contributed by atoms with Crippen LogP contribution in [0, 0.1) is 17.2 Å². The number of amides is 1. The van der Waals surface area contributed by atoms with Crippen molar-refractivity contribution in [1.82, 2.24) is 5.32 Å². The van der Waals surface area contributed by atoms with Gasteiger partial charge in [-0.3, -0.25) is 4.79 Å². The molecule has 3 N–H and O–H groups in total. The van der Waals surface area contributed by atoms with Crippen molar-refractivity contribution in [3.05, 3.63) is 71.8 Å². The summed E-state index contributed by atoms with van der Waals surface area (Å²) in [6.45, 7) is 10.1. The normalized spacial score (nSPS) is 21.1. The van der Waals surface area contributed by atoms with Gasteiger partial charge in [-0.15, -0.1) is 0 Å². The molecule has 0 radical (unpaired) electrons. The van der Waals surface area contributed by atoms with Gasteiger partial charge in [0, 0.05) is 11.1 Å². The van der Waals surface area contributed by atoms with Crippen LogP contribution in [0.25, 0.3) is 0 Å². The van der Waals surface area contributed by atoms with E-state index in [1.54, 1.807) is 11.8 Å². The Morgan fingerprint density at radius 2 is 1.50 bits per heavy atom. The molecular weight excluding hydrogens is 372 g/mol. The molecule has 3 rings (SSSR count). The molecule has 1 aliphatic heterocycles. The summed E-state index contributed by atoms with van der Waals surface area (Å²) in [6, 6.07) is 24.0. The number of rotatable bonds is 7. The molecule has 0 saturated carbocycles. The SMILES string of the molecule is CC(C)[C@](C)(C#N)NC(=O)C[NH+]1CC[NH+](C(c2ccccc2)c2ccccc2)CC1. The summed E-state index contributed by atoms with van der Waals surface area (Å²) in [5.41, 5.74) is 1.86. The van der Waals surface area contributed by atoms with Gasteiger partial charge in [0.05, 0.1) is 6.07 Å². The molecule has 5 heteroatoms. The van der Waals surface area contributed by atoms with Gasteiger partial charge in [0.1, 0.15) is 37.8 Å². The number of carbonyl (C=O) groups excluding carboxylic acids is 1. The van der Waals surface area contributed by atoms with Crippen molar-refractivity contribution < 1.29 is 14.6 Å². The van der Waals surface area contributed by atoms with Crippen LogP contribution < -0.4 is 15.1 Å². The van der Waals surface area contributed by atoms with E-state index in [9.17, 15) is 10.1 Å². The second kappa shape index (κ2) is 9.88. The monoisotopic (exact) mass is 406 g/mol. The van der Waals surface area contributed by atoms with Crippen LogP contribution in [0.5, 0.6) is 0 Å². The average molecular weight is 407 g/mol. The van der Waals surface area contributed by atoms with Crippen LogP contribution >= 0.6 is 0 Å². The van der Waals surface area contributed by atoms with Crippen LogP contribution in [0.3, 0.4) is 0 Å². The number of quaternary nitrogens is 2. The molecular formula is C25H34N4O+2. The summed E-state index contributed by atoms with van der Waals surface area (Å²) in [7, 11) is 0. The molecule has 1 saturated heterocycles. The number of nitrogens with one attached hydrogen (secondary N) is 3. The van der Waals surface area contributed by atoms with Crippen molar-refractivity contribution in [2.24, 2.45) is 5.92 Å². The zero-order chi connectivity index (χ0) is 21.6. The van der Waals surface area contributed by atoms with E-state index in [1.165, 1.54) is 16.0 Å². The standard InChI is InChI=1S/C25H32N4O/c1-20(2)25(3,19-26)27-23(30)18-28-14-16-29(17-15-28)24(21-10-6-4-7-11-21)22-12-8-5-9-13-22/h4-13,20,24H,14-18H2,1-3H3,(H,27,30)/p+2/t25-/m0/s1. The van der Waals surface area contributed by atoms with Crippen LogP contribution in [0.2, 0.25) is 0 Å². The molecule has 1 aliphatic rings. The van der Waals surface area contributed by atoms with Gasteiger partial charge in [0.25, 0.3) is 5.91 Å². The molecule has 0 aromatic heterocycles. The van der Waals surface area contributed by atoms with Gasteiger partial charge in [0.15, 0.2) is 6.54 Å². The Bertz CT molecular complexity index is 814. The number of nitriles is 1. The molecule has 0 unspecified atom stereocenters. The van der Waals surface area contributed by atoms with Crippen LogP contribution in [0.1, 0.15) is 37.9 Å². The Kier molecular flexibility index (Phi) is 7.25. The zero-order valence-corrected chi connectivity index (χ0v) is 18.3. The first-order chi connectivity index (χ1) is 14.4. The second-order valence-corrected chi connectivity index (χ2v) is 8.86. The van der Waals surface area contributed by atoms with E-state index in [0.29, 0.717) is 12.6 Å². The number of hydrogen-bond donors (Lipinski definition) is 3. The molecule has 2 aromatic carbocycles. The summed E-state index contributed by atoms with van der Waals surface area (Å²) < 4.78 is 0. The molecule has 0 bridgehead atoms. The maximum Gasteiger partial charge on any atom is 0.276 e. The van der Waals surface area contributed by atoms with E-state index >= 15 is 0 Å². The van der Waals surface area contributed by atoms with E-state index in [4.69, 9.17) is 0 Å². The topological polar surface area (TPSA) is 61.8 Å².